The van der Waals surface area contributed by atoms with E-state index in [4.69, 9.17) is 4.74 Å². The van der Waals surface area contributed by atoms with Gasteiger partial charge in [-0.15, -0.1) is 0 Å². The number of morpholine rings is 1. The van der Waals surface area contributed by atoms with Crippen molar-refractivity contribution in [2.75, 3.05) is 31.2 Å². The Morgan fingerprint density at radius 2 is 1.60 bits per heavy atom. The fourth-order valence-electron chi connectivity index (χ4n) is 2.85. The molecule has 0 aromatic heterocycles. The molecule has 3 rings (SSSR count). The molecule has 1 aliphatic heterocycles. The van der Waals surface area contributed by atoms with Gasteiger partial charge in [0.2, 0.25) is 0 Å². The van der Waals surface area contributed by atoms with Crippen molar-refractivity contribution in [3.63, 3.8) is 0 Å². The van der Waals surface area contributed by atoms with Crippen LogP contribution in [0, 0.1) is 0 Å². The van der Waals surface area contributed by atoms with Crippen molar-refractivity contribution >= 4 is 5.69 Å². The van der Waals surface area contributed by atoms with Crippen LogP contribution in [0.4, 0.5) is 18.9 Å². The van der Waals surface area contributed by atoms with E-state index in [0.29, 0.717) is 18.7 Å². The number of rotatable bonds is 5. The summed E-state index contributed by atoms with van der Waals surface area (Å²) in [6.45, 7) is 4.30. The minimum absolute atomic E-state index is 0.398. The van der Waals surface area contributed by atoms with Gasteiger partial charge in [-0.25, -0.2) is 0 Å². The van der Waals surface area contributed by atoms with Crippen molar-refractivity contribution in [1.82, 2.24) is 5.32 Å². The molecule has 2 aromatic carbocycles. The van der Waals surface area contributed by atoms with E-state index in [1.807, 2.05) is 12.1 Å². The molecule has 0 spiro atoms. The number of benzene rings is 2. The maximum atomic E-state index is 12.7. The molecular weight excluding hydrogens is 329 g/mol. The predicted octanol–water partition coefficient (Wildman–Crippen LogP) is 3.83. The lowest BCUT2D eigenvalue weighted by atomic mass is 10.1. The van der Waals surface area contributed by atoms with Gasteiger partial charge in [0.15, 0.2) is 0 Å². The summed E-state index contributed by atoms with van der Waals surface area (Å²) < 4.78 is 43.5. The zero-order chi connectivity index (χ0) is 17.7. The third kappa shape index (κ3) is 4.96. The Morgan fingerprint density at radius 3 is 2.28 bits per heavy atom. The van der Waals surface area contributed by atoms with Crippen LogP contribution < -0.4 is 10.2 Å². The largest absolute Gasteiger partial charge is 0.416 e. The maximum Gasteiger partial charge on any atom is 0.416 e. The molecule has 1 aliphatic rings. The minimum Gasteiger partial charge on any atom is -0.378 e. The Balaban J connectivity index is 1.52. The Labute approximate surface area is 145 Å². The first-order valence-corrected chi connectivity index (χ1v) is 8.31. The van der Waals surface area contributed by atoms with Crippen molar-refractivity contribution in [2.24, 2.45) is 0 Å². The van der Waals surface area contributed by atoms with Crippen LogP contribution in [0.2, 0.25) is 0 Å². The van der Waals surface area contributed by atoms with Gasteiger partial charge in [-0.05, 0) is 29.3 Å². The SMILES string of the molecule is FC(F)(F)c1cccc(CNCc2ccc(N3CCOCC3)cc2)c1. The lowest BCUT2D eigenvalue weighted by molar-refractivity contribution is -0.137. The first-order valence-electron chi connectivity index (χ1n) is 8.31. The zero-order valence-electron chi connectivity index (χ0n) is 13.9. The quantitative estimate of drug-likeness (QED) is 0.887. The molecule has 0 atom stereocenters. The molecule has 1 heterocycles. The molecule has 2 aromatic rings. The molecule has 1 saturated heterocycles. The summed E-state index contributed by atoms with van der Waals surface area (Å²) in [5, 5.41) is 3.19. The first-order chi connectivity index (χ1) is 12.0. The van der Waals surface area contributed by atoms with E-state index in [1.54, 1.807) is 6.07 Å². The summed E-state index contributed by atoms with van der Waals surface area (Å²) in [6.07, 6.45) is -4.30. The van der Waals surface area contributed by atoms with Crippen molar-refractivity contribution in [2.45, 2.75) is 19.3 Å². The van der Waals surface area contributed by atoms with Crippen LogP contribution >= 0.6 is 0 Å². The molecule has 0 aliphatic carbocycles. The highest BCUT2D eigenvalue weighted by Gasteiger charge is 2.30. The predicted molar refractivity (Wildman–Crippen MR) is 91.5 cm³/mol. The molecule has 134 valence electrons. The van der Waals surface area contributed by atoms with Crippen LogP contribution in [0.25, 0.3) is 0 Å². The number of nitrogens with one attached hydrogen (secondary N) is 1. The van der Waals surface area contributed by atoms with Crippen molar-refractivity contribution in [1.29, 1.82) is 0 Å². The number of halogens is 3. The number of alkyl halides is 3. The second-order valence-electron chi connectivity index (χ2n) is 6.07. The summed E-state index contributed by atoms with van der Waals surface area (Å²) in [7, 11) is 0. The fraction of sp³-hybridized carbons (Fsp3) is 0.368. The van der Waals surface area contributed by atoms with Gasteiger partial charge in [-0.2, -0.15) is 13.2 Å². The monoisotopic (exact) mass is 350 g/mol. The maximum absolute atomic E-state index is 12.7. The fourth-order valence-corrected chi connectivity index (χ4v) is 2.85. The van der Waals surface area contributed by atoms with Gasteiger partial charge < -0.3 is 15.0 Å². The molecule has 0 radical (unpaired) electrons. The summed E-state index contributed by atoms with van der Waals surface area (Å²) >= 11 is 0. The van der Waals surface area contributed by atoms with Gasteiger partial charge in [0.05, 0.1) is 18.8 Å². The standard InChI is InChI=1S/C19H21F3N2O/c20-19(21,22)17-3-1-2-16(12-17)14-23-13-15-4-6-18(7-5-15)24-8-10-25-11-9-24/h1-7,12,23H,8-11,13-14H2. The molecule has 1 N–H and O–H groups in total. The lowest BCUT2D eigenvalue weighted by Gasteiger charge is -2.28. The second-order valence-corrected chi connectivity index (χ2v) is 6.07. The molecule has 6 heteroatoms. The van der Waals surface area contributed by atoms with Crippen molar-refractivity contribution in [3.8, 4) is 0 Å². The summed E-state index contributed by atoms with van der Waals surface area (Å²) in [5.41, 5.74) is 2.29. The molecule has 1 fully saturated rings. The van der Waals surface area contributed by atoms with Crippen LogP contribution in [0.3, 0.4) is 0 Å². The van der Waals surface area contributed by atoms with E-state index < -0.39 is 11.7 Å². The lowest BCUT2D eigenvalue weighted by Crippen LogP contribution is -2.36. The molecule has 0 unspecified atom stereocenters. The third-order valence-corrected chi connectivity index (χ3v) is 4.23. The topological polar surface area (TPSA) is 24.5 Å². The molecule has 0 saturated carbocycles. The van der Waals surface area contributed by atoms with Crippen molar-refractivity contribution in [3.05, 3.63) is 65.2 Å². The van der Waals surface area contributed by atoms with Gasteiger partial charge in [0.1, 0.15) is 0 Å². The smallest absolute Gasteiger partial charge is 0.378 e. The number of anilines is 1. The average Bonchev–Trinajstić information content (AvgIpc) is 2.63. The highest BCUT2D eigenvalue weighted by molar-refractivity contribution is 5.47. The third-order valence-electron chi connectivity index (χ3n) is 4.23. The van der Waals surface area contributed by atoms with Gasteiger partial charge in [0.25, 0.3) is 0 Å². The van der Waals surface area contributed by atoms with Crippen LogP contribution in [-0.4, -0.2) is 26.3 Å². The normalized spacial score (nSPS) is 15.4. The highest BCUT2D eigenvalue weighted by atomic mass is 19.4. The van der Waals surface area contributed by atoms with E-state index >= 15 is 0 Å². The Kier molecular flexibility index (Phi) is 5.60. The number of nitrogens with zero attached hydrogens (tertiary/aromatic N) is 1. The number of hydrogen-bond acceptors (Lipinski definition) is 3. The highest BCUT2D eigenvalue weighted by Crippen LogP contribution is 2.29. The minimum atomic E-state index is -4.30. The van der Waals surface area contributed by atoms with Gasteiger partial charge in [-0.1, -0.05) is 30.3 Å². The first kappa shape index (κ1) is 17.8. The number of ether oxygens (including phenoxy) is 1. The van der Waals surface area contributed by atoms with Gasteiger partial charge in [0, 0.05) is 31.9 Å². The molecule has 0 bridgehead atoms. The van der Waals surface area contributed by atoms with Crippen molar-refractivity contribution < 1.29 is 17.9 Å². The van der Waals surface area contributed by atoms with E-state index in [9.17, 15) is 13.2 Å². The van der Waals surface area contributed by atoms with Crippen LogP contribution in [0.15, 0.2) is 48.5 Å². The van der Waals surface area contributed by atoms with E-state index in [-0.39, 0.29) is 0 Å². The summed E-state index contributed by atoms with van der Waals surface area (Å²) in [4.78, 5) is 2.28. The van der Waals surface area contributed by atoms with E-state index in [0.717, 1.165) is 37.9 Å². The zero-order valence-corrected chi connectivity index (χ0v) is 13.9. The summed E-state index contributed by atoms with van der Waals surface area (Å²) in [6, 6.07) is 13.7. The summed E-state index contributed by atoms with van der Waals surface area (Å²) in [5.74, 6) is 0. The molecular formula is C19H21F3N2O. The Hall–Kier alpha value is -2.05. The van der Waals surface area contributed by atoms with Crippen LogP contribution in [0.5, 0.6) is 0 Å². The van der Waals surface area contributed by atoms with E-state index in [1.165, 1.54) is 17.8 Å². The average molecular weight is 350 g/mol. The van der Waals surface area contributed by atoms with Crippen LogP contribution in [0.1, 0.15) is 16.7 Å². The molecule has 3 nitrogen and oxygen atoms in total. The van der Waals surface area contributed by atoms with Crippen LogP contribution in [-0.2, 0) is 24.0 Å². The van der Waals surface area contributed by atoms with E-state index in [2.05, 4.69) is 22.3 Å². The molecule has 25 heavy (non-hydrogen) atoms. The van der Waals surface area contributed by atoms with Gasteiger partial charge in [-0.3, -0.25) is 0 Å². The van der Waals surface area contributed by atoms with Gasteiger partial charge >= 0.3 is 6.18 Å². The number of hydrogen-bond donors (Lipinski definition) is 1. The Bertz CT molecular complexity index is 680. The Morgan fingerprint density at radius 1 is 0.920 bits per heavy atom. The molecule has 0 amide bonds. The second kappa shape index (κ2) is 7.89.